The molecule has 1 aliphatic heterocycles. The van der Waals surface area contributed by atoms with E-state index in [9.17, 15) is 24.6 Å². The molecule has 35 heavy (non-hydrogen) atoms. The zero-order valence-electron chi connectivity index (χ0n) is 19.5. The summed E-state index contributed by atoms with van der Waals surface area (Å²) in [5.74, 6) is -1.62. The fourth-order valence-electron chi connectivity index (χ4n) is 5.30. The van der Waals surface area contributed by atoms with E-state index in [1.807, 2.05) is 24.3 Å². The molecule has 1 saturated heterocycles. The predicted molar refractivity (Wildman–Crippen MR) is 128 cm³/mol. The van der Waals surface area contributed by atoms with Gasteiger partial charge in [-0.1, -0.05) is 61.4 Å². The Morgan fingerprint density at radius 1 is 1.06 bits per heavy atom. The smallest absolute Gasteiger partial charge is 0.407 e. The van der Waals surface area contributed by atoms with Crippen LogP contribution in [-0.2, 0) is 14.3 Å². The molecular formula is C27H30N2O6. The van der Waals surface area contributed by atoms with Gasteiger partial charge in [-0.3, -0.25) is 4.79 Å². The third-order valence-corrected chi connectivity index (χ3v) is 7.46. The molecule has 2 aromatic rings. The molecule has 2 aliphatic carbocycles. The number of β-amino-alcohol motifs (C(OH)–C–C–N with tert-alkyl or cyclic N) is 1. The number of hydrogen-bond donors (Lipinski definition) is 3. The number of rotatable bonds is 8. The third kappa shape index (κ3) is 4.75. The van der Waals surface area contributed by atoms with E-state index in [1.165, 1.54) is 4.90 Å². The summed E-state index contributed by atoms with van der Waals surface area (Å²) >= 11 is 0. The Bertz CT molecular complexity index is 1100. The van der Waals surface area contributed by atoms with Crippen LogP contribution in [0.25, 0.3) is 11.1 Å². The quantitative estimate of drug-likeness (QED) is 0.537. The average molecular weight is 479 g/mol. The number of nitrogens with zero attached hydrogens (tertiary/aromatic N) is 1. The molecule has 1 saturated carbocycles. The number of fused-ring (bicyclic) bond motifs is 3. The Morgan fingerprint density at radius 3 is 2.26 bits per heavy atom. The van der Waals surface area contributed by atoms with Crippen molar-refractivity contribution >= 4 is 18.0 Å². The Labute approximate surface area is 203 Å². The Morgan fingerprint density at radius 2 is 1.69 bits per heavy atom. The van der Waals surface area contributed by atoms with Crippen LogP contribution in [0.2, 0.25) is 0 Å². The summed E-state index contributed by atoms with van der Waals surface area (Å²) in [4.78, 5) is 38.4. The van der Waals surface area contributed by atoms with Gasteiger partial charge in [-0.25, -0.2) is 9.59 Å². The number of carboxylic acid groups (broad SMARTS) is 1. The largest absolute Gasteiger partial charge is 0.479 e. The first kappa shape index (κ1) is 23.4. The summed E-state index contributed by atoms with van der Waals surface area (Å²) in [6, 6.07) is 16.2. The number of aliphatic hydroxyl groups is 1. The lowest BCUT2D eigenvalue weighted by atomic mass is 9.98. The van der Waals surface area contributed by atoms with Gasteiger partial charge in [-0.15, -0.1) is 0 Å². The monoisotopic (exact) mass is 478 g/mol. The molecule has 2 fully saturated rings. The number of hydrogen-bond acceptors (Lipinski definition) is 5. The van der Waals surface area contributed by atoms with Crippen molar-refractivity contribution in [2.45, 2.75) is 37.2 Å². The molecule has 2 atom stereocenters. The molecule has 3 N–H and O–H groups in total. The third-order valence-electron chi connectivity index (χ3n) is 7.46. The lowest BCUT2D eigenvalue weighted by Gasteiger charge is -2.25. The van der Waals surface area contributed by atoms with Crippen LogP contribution in [0.1, 0.15) is 42.7 Å². The zero-order chi connectivity index (χ0) is 24.6. The number of carbonyl (C=O) groups is 3. The Balaban J connectivity index is 1.19. The topological polar surface area (TPSA) is 116 Å². The van der Waals surface area contributed by atoms with Crippen molar-refractivity contribution in [3.63, 3.8) is 0 Å². The highest BCUT2D eigenvalue weighted by molar-refractivity contribution is 5.84. The molecule has 0 bridgehead atoms. The van der Waals surface area contributed by atoms with Crippen molar-refractivity contribution in [2.75, 3.05) is 26.2 Å². The van der Waals surface area contributed by atoms with Gasteiger partial charge in [0.05, 0.1) is 12.5 Å². The van der Waals surface area contributed by atoms with Crippen LogP contribution >= 0.6 is 0 Å². The number of carbonyl (C=O) groups excluding carboxylic acids is 2. The number of nitrogens with one attached hydrogen (secondary N) is 1. The first-order valence-electron chi connectivity index (χ1n) is 12.2. The minimum atomic E-state index is -1.90. The summed E-state index contributed by atoms with van der Waals surface area (Å²) < 4.78 is 5.59. The van der Waals surface area contributed by atoms with Gasteiger partial charge in [0.2, 0.25) is 5.91 Å². The lowest BCUT2D eigenvalue weighted by Crippen LogP contribution is -2.45. The maximum Gasteiger partial charge on any atom is 0.407 e. The van der Waals surface area contributed by atoms with E-state index >= 15 is 0 Å². The van der Waals surface area contributed by atoms with Crippen LogP contribution in [0.15, 0.2) is 48.5 Å². The van der Waals surface area contributed by atoms with Crippen LogP contribution in [0.3, 0.4) is 0 Å². The summed E-state index contributed by atoms with van der Waals surface area (Å²) in [5, 5.41) is 22.2. The zero-order valence-corrected chi connectivity index (χ0v) is 19.5. The molecule has 2 unspecified atom stereocenters. The van der Waals surface area contributed by atoms with Gasteiger partial charge < -0.3 is 25.2 Å². The van der Waals surface area contributed by atoms with Gasteiger partial charge in [0.25, 0.3) is 0 Å². The molecule has 1 heterocycles. The minimum Gasteiger partial charge on any atom is -0.479 e. The van der Waals surface area contributed by atoms with E-state index < -0.39 is 23.6 Å². The normalized spacial score (nSPS) is 21.8. The van der Waals surface area contributed by atoms with Crippen LogP contribution < -0.4 is 5.32 Å². The number of aliphatic carboxylic acids is 1. The molecule has 8 nitrogen and oxygen atoms in total. The average Bonchev–Trinajstić information content (AvgIpc) is 3.50. The van der Waals surface area contributed by atoms with Gasteiger partial charge in [0.15, 0.2) is 5.60 Å². The second-order valence-corrected chi connectivity index (χ2v) is 9.93. The summed E-state index contributed by atoms with van der Waals surface area (Å²) in [5.41, 5.74) is 2.66. The van der Waals surface area contributed by atoms with Crippen molar-refractivity contribution in [1.29, 1.82) is 0 Å². The fourth-order valence-corrected chi connectivity index (χ4v) is 5.30. The highest BCUT2D eigenvalue weighted by Gasteiger charge is 2.46. The number of amides is 2. The van der Waals surface area contributed by atoms with Crippen LogP contribution in [0, 0.1) is 11.8 Å². The molecule has 5 rings (SSSR count). The van der Waals surface area contributed by atoms with Crippen LogP contribution in [-0.4, -0.2) is 64.9 Å². The molecule has 2 aromatic carbocycles. The van der Waals surface area contributed by atoms with Crippen LogP contribution in [0.4, 0.5) is 4.79 Å². The fraction of sp³-hybridized carbons (Fsp3) is 0.444. The molecular weight excluding hydrogens is 448 g/mol. The van der Waals surface area contributed by atoms with Gasteiger partial charge >= 0.3 is 12.1 Å². The second-order valence-electron chi connectivity index (χ2n) is 9.93. The second kappa shape index (κ2) is 9.34. The SMILES string of the molecule is O=C(NCC(CC1CC1)C(=O)N1CCC(O)(C(=O)O)C1)OCC1c2ccccc2-c2ccccc21. The Kier molecular flexibility index (Phi) is 6.23. The standard InChI is InChI=1S/C27H30N2O6/c30-24(29-12-11-27(34,16-29)25(31)32)18(13-17-9-10-17)14-28-26(33)35-15-23-21-7-3-1-5-19(21)20-6-2-4-8-22(20)23/h1-8,17-18,23,34H,9-16H2,(H,28,33)(H,31,32). The van der Waals surface area contributed by atoms with E-state index in [1.54, 1.807) is 0 Å². The maximum absolute atomic E-state index is 13.1. The molecule has 184 valence electrons. The highest BCUT2D eigenvalue weighted by atomic mass is 16.5. The lowest BCUT2D eigenvalue weighted by molar-refractivity contribution is -0.157. The number of likely N-dealkylation sites (tertiary alicyclic amines) is 1. The number of benzene rings is 2. The number of ether oxygens (including phenoxy) is 1. The van der Waals surface area contributed by atoms with Crippen LogP contribution in [0.5, 0.6) is 0 Å². The molecule has 2 amide bonds. The molecule has 0 aromatic heterocycles. The highest BCUT2D eigenvalue weighted by Crippen LogP contribution is 2.44. The van der Waals surface area contributed by atoms with Gasteiger partial charge in [0, 0.05) is 25.4 Å². The maximum atomic E-state index is 13.1. The van der Waals surface area contributed by atoms with E-state index in [0.717, 1.165) is 35.1 Å². The van der Waals surface area contributed by atoms with Gasteiger partial charge in [-0.2, -0.15) is 0 Å². The summed E-state index contributed by atoms with van der Waals surface area (Å²) in [7, 11) is 0. The van der Waals surface area contributed by atoms with Crippen molar-refractivity contribution in [3.05, 3.63) is 59.7 Å². The minimum absolute atomic E-state index is 0.00400. The number of carboxylic acids is 1. The van der Waals surface area contributed by atoms with Crippen molar-refractivity contribution < 1.29 is 29.3 Å². The first-order valence-corrected chi connectivity index (χ1v) is 12.2. The molecule has 3 aliphatic rings. The Hall–Kier alpha value is -3.39. The first-order chi connectivity index (χ1) is 16.9. The van der Waals surface area contributed by atoms with E-state index in [-0.39, 0.29) is 44.5 Å². The van der Waals surface area contributed by atoms with E-state index in [2.05, 4.69) is 29.6 Å². The summed E-state index contributed by atoms with van der Waals surface area (Å²) in [6.07, 6.45) is 2.15. The van der Waals surface area contributed by atoms with Crippen molar-refractivity contribution in [3.8, 4) is 11.1 Å². The van der Waals surface area contributed by atoms with Gasteiger partial charge in [0.1, 0.15) is 6.61 Å². The van der Waals surface area contributed by atoms with Crippen molar-refractivity contribution in [2.24, 2.45) is 11.8 Å². The molecule has 0 radical (unpaired) electrons. The van der Waals surface area contributed by atoms with Crippen molar-refractivity contribution in [1.82, 2.24) is 10.2 Å². The molecule has 8 heteroatoms. The van der Waals surface area contributed by atoms with E-state index in [4.69, 9.17) is 4.74 Å². The summed E-state index contributed by atoms with van der Waals surface area (Å²) in [6.45, 7) is 0.272. The predicted octanol–water partition coefficient (Wildman–Crippen LogP) is 2.99. The van der Waals surface area contributed by atoms with Gasteiger partial charge in [-0.05, 0) is 34.6 Å². The van der Waals surface area contributed by atoms with E-state index in [0.29, 0.717) is 12.3 Å². The molecule has 0 spiro atoms. The number of alkyl carbamates (subject to hydrolysis) is 1.